The van der Waals surface area contributed by atoms with Crippen LogP contribution in [0.1, 0.15) is 66.3 Å². The van der Waals surface area contributed by atoms with Crippen LogP contribution in [-0.2, 0) is 7.05 Å². The summed E-state index contributed by atoms with van der Waals surface area (Å²) in [6.45, 7) is 2.61. The Morgan fingerprint density at radius 3 is 2.67 bits per heavy atom. The zero-order valence-electron chi connectivity index (χ0n) is 14.5. The molecule has 3 atom stereocenters. The Balaban J connectivity index is 1.85. The topological polar surface area (TPSA) is 88.6 Å². The fraction of sp³-hybridized carbons (Fsp3) is 0.667. The van der Waals surface area contributed by atoms with E-state index in [1.807, 2.05) is 11.8 Å². The molecule has 24 heavy (non-hydrogen) atoms. The van der Waals surface area contributed by atoms with E-state index in [0.717, 1.165) is 38.5 Å². The van der Waals surface area contributed by atoms with Crippen LogP contribution in [0.25, 0.3) is 0 Å². The molecule has 0 bridgehead atoms. The molecule has 2 heterocycles. The van der Waals surface area contributed by atoms with Crippen molar-refractivity contribution in [2.45, 2.75) is 57.1 Å². The molecule has 2 amide bonds. The van der Waals surface area contributed by atoms with Crippen molar-refractivity contribution in [1.82, 2.24) is 9.47 Å². The Morgan fingerprint density at radius 1 is 1.29 bits per heavy atom. The van der Waals surface area contributed by atoms with E-state index in [-0.39, 0.29) is 17.9 Å². The molecule has 3 N–H and O–H groups in total. The summed E-state index contributed by atoms with van der Waals surface area (Å²) in [6.07, 6.45) is 7.39. The van der Waals surface area contributed by atoms with Crippen molar-refractivity contribution in [1.29, 1.82) is 0 Å². The molecule has 3 rings (SSSR count). The van der Waals surface area contributed by atoms with Crippen molar-refractivity contribution in [3.05, 3.63) is 23.5 Å². The third-order valence-electron chi connectivity index (χ3n) is 5.78. The summed E-state index contributed by atoms with van der Waals surface area (Å²) in [5, 5.41) is 10.8. The van der Waals surface area contributed by atoms with Crippen LogP contribution in [0.3, 0.4) is 0 Å². The number of carbonyl (C=O) groups excluding carboxylic acids is 2. The van der Waals surface area contributed by atoms with Gasteiger partial charge in [0.2, 0.25) is 5.91 Å². The van der Waals surface area contributed by atoms with Crippen molar-refractivity contribution in [3.63, 3.8) is 0 Å². The maximum absolute atomic E-state index is 13.0. The summed E-state index contributed by atoms with van der Waals surface area (Å²) >= 11 is 0. The first-order chi connectivity index (χ1) is 11.3. The maximum Gasteiger partial charge on any atom is 0.270 e. The van der Waals surface area contributed by atoms with E-state index >= 15 is 0 Å². The van der Waals surface area contributed by atoms with Crippen LogP contribution in [0.5, 0.6) is 0 Å². The standard InChI is InChI=1S/C18H27N3O3/c1-18(24)8-4-3-6-13(18)14-7-5-9-21(14)17(23)15-10-12(16(19)22)11-20(15)2/h10-11,13-14,24H,3-9H2,1-2H3,(H2,19,22). The van der Waals surface area contributed by atoms with Gasteiger partial charge in [0.05, 0.1) is 11.2 Å². The minimum absolute atomic E-state index is 0.0692. The van der Waals surface area contributed by atoms with Crippen molar-refractivity contribution < 1.29 is 14.7 Å². The average Bonchev–Trinajstić information content (AvgIpc) is 3.13. The summed E-state index contributed by atoms with van der Waals surface area (Å²) in [5.41, 5.74) is 5.44. The second-order valence-corrected chi connectivity index (χ2v) is 7.51. The third kappa shape index (κ3) is 2.95. The molecule has 6 heteroatoms. The number of rotatable bonds is 3. The summed E-state index contributed by atoms with van der Waals surface area (Å²) < 4.78 is 1.66. The van der Waals surface area contributed by atoms with Gasteiger partial charge in [-0.05, 0) is 38.7 Å². The van der Waals surface area contributed by atoms with Crippen molar-refractivity contribution in [3.8, 4) is 0 Å². The normalized spacial score (nSPS) is 30.5. The van der Waals surface area contributed by atoms with E-state index in [1.54, 1.807) is 23.9 Å². The molecule has 2 aliphatic rings. The van der Waals surface area contributed by atoms with E-state index in [1.165, 1.54) is 0 Å². The van der Waals surface area contributed by atoms with Crippen molar-refractivity contribution >= 4 is 11.8 Å². The second-order valence-electron chi connectivity index (χ2n) is 7.51. The Bertz CT molecular complexity index is 650. The predicted octanol–water partition coefficient (Wildman–Crippen LogP) is 1.67. The molecule has 6 nitrogen and oxygen atoms in total. The van der Waals surface area contributed by atoms with Gasteiger partial charge in [0.15, 0.2) is 0 Å². The lowest BCUT2D eigenvalue weighted by Crippen LogP contribution is -2.50. The minimum Gasteiger partial charge on any atom is -0.390 e. The van der Waals surface area contributed by atoms with E-state index in [2.05, 4.69) is 0 Å². The third-order valence-corrected chi connectivity index (χ3v) is 5.78. The first kappa shape index (κ1) is 17.0. The lowest BCUT2D eigenvalue weighted by molar-refractivity contribution is -0.0578. The molecular weight excluding hydrogens is 306 g/mol. The number of nitrogens with zero attached hydrogens (tertiary/aromatic N) is 2. The molecule has 1 aromatic rings. The van der Waals surface area contributed by atoms with E-state index in [0.29, 0.717) is 17.8 Å². The molecule has 1 saturated carbocycles. The van der Waals surface area contributed by atoms with E-state index in [4.69, 9.17) is 5.73 Å². The van der Waals surface area contributed by atoms with Crippen molar-refractivity contribution in [2.75, 3.05) is 6.54 Å². The fourth-order valence-corrected chi connectivity index (χ4v) is 4.47. The summed E-state index contributed by atoms with van der Waals surface area (Å²) in [4.78, 5) is 26.3. The molecule has 1 aliphatic carbocycles. The van der Waals surface area contributed by atoms with Gasteiger partial charge in [-0.1, -0.05) is 12.8 Å². The number of amides is 2. The highest BCUT2D eigenvalue weighted by Crippen LogP contribution is 2.41. The molecular formula is C18H27N3O3. The predicted molar refractivity (Wildman–Crippen MR) is 90.6 cm³/mol. The number of hydrogen-bond donors (Lipinski definition) is 2. The summed E-state index contributed by atoms with van der Waals surface area (Å²) in [5.74, 6) is -0.486. The zero-order valence-corrected chi connectivity index (χ0v) is 14.5. The number of nitrogens with two attached hydrogens (primary N) is 1. The highest BCUT2D eigenvalue weighted by molar-refractivity contribution is 5.99. The first-order valence-electron chi connectivity index (χ1n) is 8.81. The average molecular weight is 333 g/mol. The first-order valence-corrected chi connectivity index (χ1v) is 8.81. The van der Waals surface area contributed by atoms with Crippen LogP contribution in [0.4, 0.5) is 0 Å². The van der Waals surface area contributed by atoms with Crippen LogP contribution >= 0.6 is 0 Å². The number of primary amides is 1. The van der Waals surface area contributed by atoms with Gasteiger partial charge in [-0.25, -0.2) is 0 Å². The SMILES string of the molecule is Cn1cc(C(N)=O)cc1C(=O)N1CCCC1C1CCCCC1(C)O. The number of carbonyl (C=O) groups is 2. The number of aliphatic hydroxyl groups is 1. The van der Waals surface area contributed by atoms with E-state index < -0.39 is 11.5 Å². The smallest absolute Gasteiger partial charge is 0.270 e. The lowest BCUT2D eigenvalue weighted by Gasteiger charge is -2.43. The van der Waals surface area contributed by atoms with Gasteiger partial charge in [0.1, 0.15) is 5.69 Å². The Labute approximate surface area is 142 Å². The van der Waals surface area contributed by atoms with Gasteiger partial charge in [-0.15, -0.1) is 0 Å². The lowest BCUT2D eigenvalue weighted by atomic mass is 9.72. The molecule has 132 valence electrons. The minimum atomic E-state index is -0.710. The molecule has 0 spiro atoms. The Hall–Kier alpha value is -1.82. The number of hydrogen-bond acceptors (Lipinski definition) is 3. The molecule has 0 aromatic carbocycles. The van der Waals surface area contributed by atoms with Crippen LogP contribution in [-0.4, -0.2) is 44.6 Å². The monoisotopic (exact) mass is 333 g/mol. The van der Waals surface area contributed by atoms with E-state index in [9.17, 15) is 14.7 Å². The quantitative estimate of drug-likeness (QED) is 0.882. The maximum atomic E-state index is 13.0. The fourth-order valence-electron chi connectivity index (χ4n) is 4.47. The highest BCUT2D eigenvalue weighted by Gasteiger charge is 2.45. The van der Waals surface area contributed by atoms with Crippen molar-refractivity contribution in [2.24, 2.45) is 18.7 Å². The van der Waals surface area contributed by atoms with Gasteiger partial charge >= 0.3 is 0 Å². The molecule has 1 aliphatic heterocycles. The zero-order chi connectivity index (χ0) is 17.5. The number of aromatic nitrogens is 1. The number of likely N-dealkylation sites (tertiary alicyclic amines) is 1. The largest absolute Gasteiger partial charge is 0.390 e. The molecule has 2 fully saturated rings. The second kappa shape index (κ2) is 6.24. The Kier molecular flexibility index (Phi) is 4.42. The van der Waals surface area contributed by atoms with Gasteiger partial charge in [0.25, 0.3) is 5.91 Å². The summed E-state index contributed by atoms with van der Waals surface area (Å²) in [6, 6.07) is 1.64. The van der Waals surface area contributed by atoms with Crippen LogP contribution in [0.2, 0.25) is 0 Å². The van der Waals surface area contributed by atoms with Crippen LogP contribution in [0, 0.1) is 5.92 Å². The van der Waals surface area contributed by atoms with Gasteiger partial charge in [-0.3, -0.25) is 9.59 Å². The van der Waals surface area contributed by atoms with Crippen LogP contribution < -0.4 is 5.73 Å². The highest BCUT2D eigenvalue weighted by atomic mass is 16.3. The van der Waals surface area contributed by atoms with Gasteiger partial charge in [-0.2, -0.15) is 0 Å². The molecule has 1 saturated heterocycles. The molecule has 0 radical (unpaired) electrons. The molecule has 3 unspecified atom stereocenters. The van der Waals surface area contributed by atoms with Gasteiger partial charge in [0, 0.05) is 31.7 Å². The summed E-state index contributed by atoms with van der Waals surface area (Å²) in [7, 11) is 1.75. The van der Waals surface area contributed by atoms with Crippen LogP contribution in [0.15, 0.2) is 12.3 Å². The van der Waals surface area contributed by atoms with Gasteiger partial charge < -0.3 is 20.3 Å². The molecule has 1 aromatic heterocycles. The Morgan fingerprint density at radius 2 is 2.04 bits per heavy atom. The number of aryl methyl sites for hydroxylation is 1.